The van der Waals surface area contributed by atoms with Crippen LogP contribution in [0.5, 0.6) is 5.75 Å². The van der Waals surface area contributed by atoms with Crippen LogP contribution in [-0.4, -0.2) is 11.1 Å². The summed E-state index contributed by atoms with van der Waals surface area (Å²) in [5.74, 6) is 0.151. The highest BCUT2D eigenvalue weighted by Gasteiger charge is 2.23. The zero-order valence-electron chi connectivity index (χ0n) is 12.1. The van der Waals surface area contributed by atoms with Gasteiger partial charge in [-0.2, -0.15) is 0 Å². The Morgan fingerprint density at radius 3 is 2.76 bits per heavy atom. The molecule has 3 heteroatoms. The van der Waals surface area contributed by atoms with E-state index in [0.717, 1.165) is 24.8 Å². The van der Waals surface area contributed by atoms with Gasteiger partial charge in [0.2, 0.25) is 0 Å². The van der Waals surface area contributed by atoms with E-state index in [4.69, 9.17) is 0 Å². The summed E-state index contributed by atoms with van der Waals surface area (Å²) in [5, 5.41) is 13.2. The molecule has 2 aromatic rings. The number of rotatable bonds is 4. The summed E-state index contributed by atoms with van der Waals surface area (Å²) >= 11 is 0. The Balaban J connectivity index is 1.64. The van der Waals surface area contributed by atoms with Gasteiger partial charge >= 0.3 is 0 Å². The summed E-state index contributed by atoms with van der Waals surface area (Å²) < 4.78 is 12.9. The molecular weight excluding hydrogens is 265 g/mol. The van der Waals surface area contributed by atoms with Crippen LogP contribution in [0.2, 0.25) is 0 Å². The molecule has 2 aromatic carbocycles. The molecule has 0 aliphatic heterocycles. The summed E-state index contributed by atoms with van der Waals surface area (Å²) in [7, 11) is 0. The lowest BCUT2D eigenvalue weighted by Crippen LogP contribution is -2.31. The van der Waals surface area contributed by atoms with Gasteiger partial charge in [0.1, 0.15) is 11.6 Å². The van der Waals surface area contributed by atoms with Crippen molar-refractivity contribution < 1.29 is 9.50 Å². The molecule has 0 bridgehead atoms. The number of hydrogen-bond donors (Lipinski definition) is 2. The van der Waals surface area contributed by atoms with Crippen LogP contribution in [-0.2, 0) is 12.8 Å². The van der Waals surface area contributed by atoms with Crippen molar-refractivity contribution in [1.82, 2.24) is 5.32 Å². The fraction of sp³-hybridized carbons (Fsp3) is 0.333. The van der Waals surface area contributed by atoms with Gasteiger partial charge < -0.3 is 10.4 Å². The van der Waals surface area contributed by atoms with Gasteiger partial charge in [-0.05, 0) is 67.1 Å². The summed E-state index contributed by atoms with van der Waals surface area (Å²) in [5.41, 5.74) is 3.67. The molecule has 0 fully saturated rings. The summed E-state index contributed by atoms with van der Waals surface area (Å²) in [4.78, 5) is 0. The number of fused-ring (bicyclic) bond motifs is 1. The van der Waals surface area contributed by atoms with Crippen molar-refractivity contribution in [2.75, 3.05) is 0 Å². The monoisotopic (exact) mass is 285 g/mol. The molecule has 0 saturated heterocycles. The van der Waals surface area contributed by atoms with Gasteiger partial charge in [0.05, 0.1) is 0 Å². The molecule has 2 atom stereocenters. The molecule has 0 amide bonds. The molecule has 2 unspecified atom stereocenters. The standard InChI is InChI=1S/C18H20FNO/c1-12(10-13-2-5-15(19)6-3-13)20-18-9-4-14-11-16(21)7-8-17(14)18/h2-3,5-8,11-12,18,20-21H,4,9-10H2,1H3. The highest BCUT2D eigenvalue weighted by atomic mass is 19.1. The first-order valence-electron chi connectivity index (χ1n) is 7.44. The zero-order chi connectivity index (χ0) is 14.8. The Kier molecular flexibility index (Phi) is 3.93. The lowest BCUT2D eigenvalue weighted by atomic mass is 10.0. The second kappa shape index (κ2) is 5.86. The molecule has 1 aliphatic rings. The smallest absolute Gasteiger partial charge is 0.123 e. The first kappa shape index (κ1) is 14.1. The maximum Gasteiger partial charge on any atom is 0.123 e. The van der Waals surface area contributed by atoms with Gasteiger partial charge in [0.15, 0.2) is 0 Å². The van der Waals surface area contributed by atoms with Gasteiger partial charge in [0, 0.05) is 12.1 Å². The molecule has 110 valence electrons. The quantitative estimate of drug-likeness (QED) is 0.897. The molecule has 21 heavy (non-hydrogen) atoms. The first-order chi connectivity index (χ1) is 10.1. The van der Waals surface area contributed by atoms with Gasteiger partial charge in [-0.25, -0.2) is 4.39 Å². The van der Waals surface area contributed by atoms with E-state index >= 15 is 0 Å². The molecule has 3 rings (SSSR count). The zero-order valence-corrected chi connectivity index (χ0v) is 12.1. The van der Waals surface area contributed by atoms with Crippen molar-refractivity contribution >= 4 is 0 Å². The molecule has 0 spiro atoms. The predicted molar refractivity (Wildman–Crippen MR) is 81.9 cm³/mol. The summed E-state index contributed by atoms with van der Waals surface area (Å²) in [6, 6.07) is 13.0. The molecule has 0 heterocycles. The second-order valence-electron chi connectivity index (χ2n) is 5.87. The SMILES string of the molecule is CC(Cc1ccc(F)cc1)NC1CCc2cc(O)ccc21. The van der Waals surface area contributed by atoms with Crippen molar-refractivity contribution in [3.8, 4) is 5.75 Å². The van der Waals surface area contributed by atoms with Crippen molar-refractivity contribution in [3.05, 3.63) is 65.0 Å². The minimum Gasteiger partial charge on any atom is -0.508 e. The predicted octanol–water partition coefficient (Wildman–Crippen LogP) is 3.74. The van der Waals surface area contributed by atoms with Gasteiger partial charge in [-0.15, -0.1) is 0 Å². The van der Waals surface area contributed by atoms with E-state index in [1.807, 2.05) is 24.3 Å². The van der Waals surface area contributed by atoms with E-state index in [2.05, 4.69) is 12.2 Å². The van der Waals surface area contributed by atoms with Crippen molar-refractivity contribution in [3.63, 3.8) is 0 Å². The molecule has 2 nitrogen and oxygen atoms in total. The van der Waals surface area contributed by atoms with Gasteiger partial charge in [0.25, 0.3) is 0 Å². The average Bonchev–Trinajstić information content (AvgIpc) is 2.83. The van der Waals surface area contributed by atoms with Crippen LogP contribution in [0.25, 0.3) is 0 Å². The Labute approximate surface area is 124 Å². The highest BCUT2D eigenvalue weighted by molar-refractivity contribution is 5.40. The molecule has 2 N–H and O–H groups in total. The number of benzene rings is 2. The third-order valence-corrected chi connectivity index (χ3v) is 4.15. The third-order valence-electron chi connectivity index (χ3n) is 4.15. The van der Waals surface area contributed by atoms with E-state index in [1.54, 1.807) is 6.07 Å². The number of halogens is 1. The largest absolute Gasteiger partial charge is 0.508 e. The number of aryl methyl sites for hydroxylation is 1. The number of phenols is 1. The topological polar surface area (TPSA) is 32.3 Å². The van der Waals surface area contributed by atoms with Crippen LogP contribution in [0.15, 0.2) is 42.5 Å². The van der Waals surface area contributed by atoms with Crippen molar-refractivity contribution in [1.29, 1.82) is 0 Å². The number of phenolic OH excluding ortho intramolecular Hbond substituents is 1. The Morgan fingerprint density at radius 1 is 1.24 bits per heavy atom. The van der Waals surface area contributed by atoms with Gasteiger partial charge in [-0.3, -0.25) is 0 Å². The van der Waals surface area contributed by atoms with Crippen LogP contribution in [0.1, 0.15) is 36.1 Å². The van der Waals surface area contributed by atoms with E-state index in [0.29, 0.717) is 17.8 Å². The first-order valence-corrected chi connectivity index (χ1v) is 7.44. The van der Waals surface area contributed by atoms with E-state index in [-0.39, 0.29) is 5.82 Å². The van der Waals surface area contributed by atoms with Gasteiger partial charge in [-0.1, -0.05) is 18.2 Å². The Morgan fingerprint density at radius 2 is 2.00 bits per heavy atom. The van der Waals surface area contributed by atoms with E-state index < -0.39 is 0 Å². The Hall–Kier alpha value is -1.87. The minimum atomic E-state index is -0.191. The Bertz CT molecular complexity index is 624. The fourth-order valence-electron chi connectivity index (χ4n) is 3.15. The average molecular weight is 285 g/mol. The highest BCUT2D eigenvalue weighted by Crippen LogP contribution is 2.33. The summed E-state index contributed by atoms with van der Waals surface area (Å²) in [6.45, 7) is 2.15. The van der Waals surface area contributed by atoms with Crippen LogP contribution in [0.4, 0.5) is 4.39 Å². The third kappa shape index (κ3) is 3.24. The molecule has 0 radical (unpaired) electrons. The molecule has 0 aromatic heterocycles. The van der Waals surface area contributed by atoms with Crippen molar-refractivity contribution in [2.24, 2.45) is 0 Å². The van der Waals surface area contributed by atoms with Crippen LogP contribution in [0.3, 0.4) is 0 Å². The summed E-state index contributed by atoms with van der Waals surface area (Å²) in [6.07, 6.45) is 2.95. The minimum absolute atomic E-state index is 0.191. The van der Waals surface area contributed by atoms with Crippen LogP contribution < -0.4 is 5.32 Å². The lowest BCUT2D eigenvalue weighted by Gasteiger charge is -2.20. The molecule has 0 saturated carbocycles. The van der Waals surface area contributed by atoms with E-state index in [1.165, 1.54) is 23.3 Å². The number of aromatic hydroxyl groups is 1. The number of nitrogens with one attached hydrogen (secondary N) is 1. The number of hydrogen-bond acceptors (Lipinski definition) is 2. The second-order valence-corrected chi connectivity index (χ2v) is 5.87. The van der Waals surface area contributed by atoms with Crippen LogP contribution >= 0.6 is 0 Å². The molecular formula is C18H20FNO. The lowest BCUT2D eigenvalue weighted by molar-refractivity contribution is 0.450. The fourth-order valence-corrected chi connectivity index (χ4v) is 3.15. The maximum absolute atomic E-state index is 12.9. The van der Waals surface area contributed by atoms with Crippen molar-refractivity contribution in [2.45, 2.75) is 38.3 Å². The molecule has 1 aliphatic carbocycles. The maximum atomic E-state index is 12.9. The van der Waals surface area contributed by atoms with E-state index in [9.17, 15) is 9.50 Å². The normalized spacial score (nSPS) is 18.5. The van der Waals surface area contributed by atoms with Crippen LogP contribution in [0, 0.1) is 5.82 Å².